The molecule has 2 heterocycles. The third-order valence-corrected chi connectivity index (χ3v) is 4.46. The van der Waals surface area contributed by atoms with E-state index < -0.39 is 5.60 Å². The van der Waals surface area contributed by atoms with Crippen molar-refractivity contribution >= 4 is 10.9 Å². The third kappa shape index (κ3) is 2.69. The van der Waals surface area contributed by atoms with Crippen LogP contribution >= 0.6 is 0 Å². The van der Waals surface area contributed by atoms with Crippen molar-refractivity contribution in [3.63, 3.8) is 0 Å². The highest BCUT2D eigenvalue weighted by atomic mass is 16.3. The van der Waals surface area contributed by atoms with Crippen molar-refractivity contribution in [2.75, 3.05) is 13.1 Å². The van der Waals surface area contributed by atoms with E-state index in [0.29, 0.717) is 12.3 Å². The zero-order valence-electron chi connectivity index (χ0n) is 12.0. The van der Waals surface area contributed by atoms with E-state index in [1.165, 1.54) is 5.56 Å². The molecular formula is C17H22N2O. The molecule has 20 heavy (non-hydrogen) atoms. The fourth-order valence-electron chi connectivity index (χ4n) is 3.22. The first-order chi connectivity index (χ1) is 9.67. The molecule has 2 unspecified atom stereocenters. The molecule has 1 aliphatic heterocycles. The van der Waals surface area contributed by atoms with Crippen molar-refractivity contribution in [1.82, 2.24) is 10.3 Å². The molecule has 3 nitrogen and oxygen atoms in total. The summed E-state index contributed by atoms with van der Waals surface area (Å²) in [6.07, 6.45) is 4.77. The van der Waals surface area contributed by atoms with Crippen LogP contribution in [0.4, 0.5) is 0 Å². The summed E-state index contributed by atoms with van der Waals surface area (Å²) in [4.78, 5) is 4.39. The number of hydrogen-bond acceptors (Lipinski definition) is 3. The van der Waals surface area contributed by atoms with Gasteiger partial charge >= 0.3 is 0 Å². The lowest BCUT2D eigenvalue weighted by Gasteiger charge is -2.36. The fraction of sp³-hybridized carbons (Fsp3) is 0.471. The van der Waals surface area contributed by atoms with Crippen LogP contribution in [0.3, 0.4) is 0 Å². The fourth-order valence-corrected chi connectivity index (χ4v) is 3.22. The van der Waals surface area contributed by atoms with Gasteiger partial charge < -0.3 is 10.4 Å². The smallest absolute Gasteiger partial charge is 0.0704 e. The molecule has 3 heteroatoms. The molecule has 2 N–H and O–H groups in total. The summed E-state index contributed by atoms with van der Waals surface area (Å²) in [5.74, 6) is 0.322. The molecule has 0 radical (unpaired) electrons. The third-order valence-electron chi connectivity index (χ3n) is 4.46. The Morgan fingerprint density at radius 3 is 3.00 bits per heavy atom. The summed E-state index contributed by atoms with van der Waals surface area (Å²) in [6, 6.07) is 10.2. The Bertz CT molecular complexity index is 583. The summed E-state index contributed by atoms with van der Waals surface area (Å²) < 4.78 is 0. The molecule has 0 spiro atoms. The lowest BCUT2D eigenvalue weighted by molar-refractivity contribution is -0.00993. The molecule has 1 aliphatic rings. The molecule has 2 atom stereocenters. The standard InChI is InChI=1S/C17H22N2O/c1-17(20,14-5-4-9-18-12-14)11-13-8-10-19-16-7-3-2-6-15(13)16/h2-3,6-8,10,14,18,20H,4-5,9,11-12H2,1H3. The van der Waals surface area contributed by atoms with E-state index >= 15 is 0 Å². The second-order valence-corrected chi connectivity index (χ2v) is 6.06. The Balaban J connectivity index is 1.88. The van der Waals surface area contributed by atoms with Crippen LogP contribution < -0.4 is 5.32 Å². The summed E-state index contributed by atoms with van der Waals surface area (Å²) in [5, 5.41) is 15.4. The molecule has 1 aromatic carbocycles. The number of hydrogen-bond donors (Lipinski definition) is 2. The van der Waals surface area contributed by atoms with E-state index in [1.54, 1.807) is 0 Å². The first-order valence-corrected chi connectivity index (χ1v) is 7.42. The number of nitrogens with one attached hydrogen (secondary N) is 1. The van der Waals surface area contributed by atoms with E-state index in [9.17, 15) is 5.11 Å². The first kappa shape index (κ1) is 13.5. The summed E-state index contributed by atoms with van der Waals surface area (Å²) in [7, 11) is 0. The van der Waals surface area contributed by atoms with Crippen LogP contribution in [0.15, 0.2) is 36.5 Å². The monoisotopic (exact) mass is 270 g/mol. The van der Waals surface area contributed by atoms with Crippen LogP contribution in [-0.2, 0) is 6.42 Å². The molecule has 0 aliphatic carbocycles. The van der Waals surface area contributed by atoms with Crippen molar-refractivity contribution in [2.24, 2.45) is 5.92 Å². The van der Waals surface area contributed by atoms with Crippen LogP contribution in [0, 0.1) is 5.92 Å². The normalized spacial score (nSPS) is 22.6. The highest BCUT2D eigenvalue weighted by Crippen LogP contribution is 2.29. The van der Waals surface area contributed by atoms with Crippen molar-refractivity contribution in [2.45, 2.75) is 31.8 Å². The Hall–Kier alpha value is -1.45. The van der Waals surface area contributed by atoms with Gasteiger partial charge in [0.2, 0.25) is 0 Å². The molecule has 0 saturated carbocycles. The number of nitrogens with zero attached hydrogens (tertiary/aromatic N) is 1. The van der Waals surface area contributed by atoms with E-state index in [2.05, 4.69) is 16.4 Å². The van der Waals surface area contributed by atoms with Gasteiger partial charge in [0.25, 0.3) is 0 Å². The van der Waals surface area contributed by atoms with Crippen LogP contribution in [-0.4, -0.2) is 28.8 Å². The van der Waals surface area contributed by atoms with Gasteiger partial charge in [-0.05, 0) is 44.0 Å². The Labute approximate surface area is 120 Å². The molecule has 3 rings (SSSR count). The first-order valence-electron chi connectivity index (χ1n) is 7.42. The molecule has 1 fully saturated rings. The highest BCUT2D eigenvalue weighted by Gasteiger charge is 2.33. The number of para-hydroxylation sites is 1. The van der Waals surface area contributed by atoms with Gasteiger partial charge in [-0.25, -0.2) is 0 Å². The van der Waals surface area contributed by atoms with Crippen molar-refractivity contribution in [1.29, 1.82) is 0 Å². The maximum absolute atomic E-state index is 10.9. The molecular weight excluding hydrogens is 248 g/mol. The van der Waals surface area contributed by atoms with Gasteiger partial charge in [-0.15, -0.1) is 0 Å². The number of benzene rings is 1. The second kappa shape index (κ2) is 5.51. The van der Waals surface area contributed by atoms with Gasteiger partial charge in [0.15, 0.2) is 0 Å². The van der Waals surface area contributed by atoms with Crippen molar-refractivity contribution < 1.29 is 5.11 Å². The van der Waals surface area contributed by atoms with Crippen LogP contribution in [0.1, 0.15) is 25.3 Å². The predicted molar refractivity (Wildman–Crippen MR) is 81.7 cm³/mol. The Morgan fingerprint density at radius 1 is 1.35 bits per heavy atom. The van der Waals surface area contributed by atoms with E-state index in [1.807, 2.05) is 37.4 Å². The summed E-state index contributed by atoms with van der Waals surface area (Å²) in [5.41, 5.74) is 1.52. The van der Waals surface area contributed by atoms with Gasteiger partial charge in [-0.2, -0.15) is 0 Å². The van der Waals surface area contributed by atoms with Gasteiger partial charge in [-0.3, -0.25) is 4.98 Å². The topological polar surface area (TPSA) is 45.2 Å². The molecule has 106 valence electrons. The van der Waals surface area contributed by atoms with Gasteiger partial charge in [0.1, 0.15) is 0 Å². The SMILES string of the molecule is CC(O)(Cc1ccnc2ccccc12)C1CCCNC1. The lowest BCUT2D eigenvalue weighted by atomic mass is 9.79. The largest absolute Gasteiger partial charge is 0.389 e. The van der Waals surface area contributed by atoms with Crippen molar-refractivity contribution in [3.8, 4) is 0 Å². The zero-order valence-corrected chi connectivity index (χ0v) is 12.0. The lowest BCUT2D eigenvalue weighted by Crippen LogP contribution is -2.45. The number of aromatic nitrogens is 1. The van der Waals surface area contributed by atoms with Crippen molar-refractivity contribution in [3.05, 3.63) is 42.1 Å². The zero-order chi connectivity index (χ0) is 14.0. The van der Waals surface area contributed by atoms with Gasteiger partial charge in [0.05, 0.1) is 11.1 Å². The number of aliphatic hydroxyl groups is 1. The van der Waals surface area contributed by atoms with Crippen LogP contribution in [0.25, 0.3) is 10.9 Å². The molecule has 2 aromatic rings. The number of fused-ring (bicyclic) bond motifs is 1. The number of pyridine rings is 1. The maximum Gasteiger partial charge on any atom is 0.0704 e. The minimum absolute atomic E-state index is 0.322. The molecule has 0 bridgehead atoms. The number of piperidine rings is 1. The van der Waals surface area contributed by atoms with Gasteiger partial charge in [-0.1, -0.05) is 18.2 Å². The summed E-state index contributed by atoms with van der Waals surface area (Å²) >= 11 is 0. The minimum atomic E-state index is -0.669. The molecule has 1 aromatic heterocycles. The average Bonchev–Trinajstić information content (AvgIpc) is 2.48. The van der Waals surface area contributed by atoms with E-state index in [4.69, 9.17) is 0 Å². The Kier molecular flexibility index (Phi) is 3.72. The molecule has 1 saturated heterocycles. The van der Waals surface area contributed by atoms with Gasteiger partial charge in [0, 0.05) is 30.5 Å². The number of rotatable bonds is 3. The molecule has 0 amide bonds. The highest BCUT2D eigenvalue weighted by molar-refractivity contribution is 5.81. The maximum atomic E-state index is 10.9. The average molecular weight is 270 g/mol. The second-order valence-electron chi connectivity index (χ2n) is 6.06. The Morgan fingerprint density at radius 2 is 2.20 bits per heavy atom. The quantitative estimate of drug-likeness (QED) is 0.901. The van der Waals surface area contributed by atoms with Crippen LogP contribution in [0.2, 0.25) is 0 Å². The summed E-state index contributed by atoms with van der Waals surface area (Å²) in [6.45, 7) is 3.96. The van der Waals surface area contributed by atoms with Crippen LogP contribution in [0.5, 0.6) is 0 Å². The van der Waals surface area contributed by atoms with E-state index in [-0.39, 0.29) is 0 Å². The predicted octanol–water partition coefficient (Wildman–Crippen LogP) is 2.53. The van der Waals surface area contributed by atoms with E-state index in [0.717, 1.165) is 36.8 Å². The minimum Gasteiger partial charge on any atom is -0.389 e.